The van der Waals surface area contributed by atoms with Crippen molar-refractivity contribution in [1.29, 1.82) is 0 Å². The van der Waals surface area contributed by atoms with E-state index in [0.717, 1.165) is 39.0 Å². The molecule has 0 atom stereocenters. The number of ether oxygens (including phenoxy) is 4. The summed E-state index contributed by atoms with van der Waals surface area (Å²) in [5, 5.41) is 0.768. The van der Waals surface area contributed by atoms with Crippen molar-refractivity contribution < 1.29 is 38.1 Å². The van der Waals surface area contributed by atoms with Crippen molar-refractivity contribution in [1.82, 2.24) is 0 Å². The lowest BCUT2D eigenvalue weighted by molar-refractivity contribution is -0.138. The Morgan fingerprint density at radius 2 is 0.721 bits per heavy atom. The minimum absolute atomic E-state index is 0.244. The zero-order chi connectivity index (χ0) is 31.3. The molecule has 0 radical (unpaired) electrons. The Bertz CT molecular complexity index is 1270. The van der Waals surface area contributed by atoms with Gasteiger partial charge in [0, 0.05) is 5.08 Å². The van der Waals surface area contributed by atoms with Crippen molar-refractivity contribution in [2.75, 3.05) is 46.0 Å². The van der Waals surface area contributed by atoms with Crippen LogP contribution in [-0.2, 0) is 38.1 Å². The van der Waals surface area contributed by atoms with Gasteiger partial charge in [-0.1, -0.05) is 94.1 Å². The molecule has 0 aliphatic carbocycles. The van der Waals surface area contributed by atoms with Crippen LogP contribution in [0.5, 0.6) is 0 Å². The molecule has 0 saturated heterocycles. The molecule has 4 aliphatic rings. The van der Waals surface area contributed by atoms with Gasteiger partial charge in [-0.3, -0.25) is 0 Å². The first-order valence-corrected chi connectivity index (χ1v) is 22.2. The summed E-state index contributed by atoms with van der Waals surface area (Å²) in [4.78, 5) is 50.2. The van der Waals surface area contributed by atoms with Crippen molar-refractivity contribution in [3.8, 4) is 0 Å². The molecular formula is C23H20O8S12. The molecule has 0 saturated carbocycles. The number of thioether (sulfide) groups is 12. The number of carbonyl (C=O) groups is 4. The largest absolute Gasteiger partial charge is 0.465 e. The summed E-state index contributed by atoms with van der Waals surface area (Å²) in [6.07, 6.45) is 4.06. The highest BCUT2D eigenvalue weighted by atomic mass is 32.3. The Labute approximate surface area is 299 Å². The van der Waals surface area contributed by atoms with Crippen molar-refractivity contribution in [3.63, 3.8) is 0 Å². The van der Waals surface area contributed by atoms with Crippen molar-refractivity contribution in [3.05, 3.63) is 53.5 Å². The van der Waals surface area contributed by atoms with Gasteiger partial charge in [0.1, 0.15) is 19.6 Å². The molecule has 0 spiro atoms. The van der Waals surface area contributed by atoms with Gasteiger partial charge in [-0.05, 0) is 12.5 Å². The van der Waals surface area contributed by atoms with Crippen LogP contribution in [0.15, 0.2) is 53.5 Å². The molecule has 0 unspecified atom stereocenters. The maximum Gasteiger partial charge on any atom is 0.346 e. The molecule has 8 nitrogen and oxygen atoms in total. The Balaban J connectivity index is 1.41. The minimum Gasteiger partial charge on any atom is -0.465 e. The number of rotatable bonds is 10. The van der Waals surface area contributed by atoms with Crippen LogP contribution in [0.25, 0.3) is 0 Å². The van der Waals surface area contributed by atoms with Gasteiger partial charge in [0.15, 0.2) is 0 Å². The lowest BCUT2D eigenvalue weighted by atomic mass is 10.5. The summed E-state index contributed by atoms with van der Waals surface area (Å²) in [6, 6.07) is 0. The van der Waals surface area contributed by atoms with Gasteiger partial charge >= 0.3 is 23.9 Å². The molecule has 0 amide bonds. The number of esters is 4. The van der Waals surface area contributed by atoms with E-state index in [4.69, 9.17) is 18.9 Å². The predicted octanol–water partition coefficient (Wildman–Crippen LogP) is 8.68. The number of hydrogen-bond donors (Lipinski definition) is 0. The van der Waals surface area contributed by atoms with Crippen LogP contribution in [0.3, 0.4) is 0 Å². The van der Waals surface area contributed by atoms with Crippen LogP contribution in [0.1, 0.15) is 0 Å². The van der Waals surface area contributed by atoms with Gasteiger partial charge < -0.3 is 18.9 Å². The van der Waals surface area contributed by atoms with E-state index in [1.807, 2.05) is 12.5 Å². The first kappa shape index (κ1) is 36.4. The summed E-state index contributed by atoms with van der Waals surface area (Å²) in [5.74, 6) is -2.23. The fourth-order valence-corrected chi connectivity index (χ4v) is 19.9. The SMILES string of the molecule is COC(=O)C1=C(C(=O)OC)SC(=C2SC(SC)=C(SCSC3=C(SC)SC(=C4SC(C(=O)OC)=C(C(=O)OC)S4)S3)S2)S1. The van der Waals surface area contributed by atoms with Gasteiger partial charge in [-0.2, -0.15) is 0 Å². The average molecular weight is 809 g/mol. The van der Waals surface area contributed by atoms with Gasteiger partial charge in [-0.15, -0.1) is 47.0 Å². The first-order chi connectivity index (χ1) is 20.7. The Hall–Kier alpha value is 0.520. The molecule has 4 rings (SSSR count). The third-order valence-corrected chi connectivity index (χ3v) is 21.9. The highest BCUT2D eigenvalue weighted by molar-refractivity contribution is 8.45. The van der Waals surface area contributed by atoms with E-state index in [1.165, 1.54) is 75.5 Å². The standard InChI is InChI=1S/C23H20O8S12/c1-28-12(24)8-9(13(25)29-2)37-20(36-8)22-40-16(32-5)18(42-22)34-7-35-19-17(33-6)41-23(43-19)21-38-10(14(26)30-3)11(39-21)15(27)31-4/h7H2,1-6H3. The van der Waals surface area contributed by atoms with Crippen molar-refractivity contribution in [2.45, 2.75) is 0 Å². The second kappa shape index (κ2) is 17.1. The summed E-state index contributed by atoms with van der Waals surface area (Å²) >= 11 is 18.3. The predicted molar refractivity (Wildman–Crippen MR) is 198 cm³/mol. The molecule has 232 valence electrons. The van der Waals surface area contributed by atoms with Gasteiger partial charge in [0.2, 0.25) is 0 Å². The molecule has 20 heteroatoms. The number of hydrogen-bond acceptors (Lipinski definition) is 20. The van der Waals surface area contributed by atoms with E-state index in [0.29, 0.717) is 0 Å². The maximum atomic E-state index is 12.3. The zero-order valence-corrected chi connectivity index (χ0v) is 32.7. The van der Waals surface area contributed by atoms with E-state index in [-0.39, 0.29) is 19.6 Å². The van der Waals surface area contributed by atoms with Crippen LogP contribution < -0.4 is 0 Å². The fraction of sp³-hybridized carbons (Fsp3) is 0.304. The lowest BCUT2D eigenvalue weighted by Crippen LogP contribution is -2.08. The maximum absolute atomic E-state index is 12.3. The highest BCUT2D eigenvalue weighted by Gasteiger charge is 2.38. The fourth-order valence-electron chi connectivity index (χ4n) is 2.95. The topological polar surface area (TPSA) is 105 Å². The van der Waals surface area contributed by atoms with Crippen LogP contribution in [0, 0.1) is 0 Å². The van der Waals surface area contributed by atoms with Gasteiger partial charge in [-0.25, -0.2) is 19.2 Å². The number of methoxy groups -OCH3 is 4. The minimum atomic E-state index is -0.557. The molecule has 0 bridgehead atoms. The van der Waals surface area contributed by atoms with E-state index in [1.54, 1.807) is 94.1 Å². The van der Waals surface area contributed by atoms with Crippen molar-refractivity contribution >= 4 is 165 Å². The summed E-state index contributed by atoms with van der Waals surface area (Å²) < 4.78 is 27.9. The van der Waals surface area contributed by atoms with E-state index in [9.17, 15) is 19.2 Å². The third-order valence-electron chi connectivity index (χ3n) is 4.83. The Kier molecular flexibility index (Phi) is 14.4. The Morgan fingerprint density at radius 1 is 0.465 bits per heavy atom. The lowest BCUT2D eigenvalue weighted by Gasteiger charge is -2.05. The summed E-state index contributed by atoms with van der Waals surface area (Å²) in [5.41, 5.74) is 0. The average Bonchev–Trinajstić information content (AvgIpc) is 3.83. The van der Waals surface area contributed by atoms with Gasteiger partial charge in [0.25, 0.3) is 0 Å². The molecule has 0 aromatic carbocycles. The monoisotopic (exact) mass is 808 g/mol. The Morgan fingerprint density at radius 3 is 0.977 bits per heavy atom. The first-order valence-electron chi connectivity index (χ1n) is 11.2. The van der Waals surface area contributed by atoms with Crippen LogP contribution in [0.2, 0.25) is 0 Å². The summed E-state index contributed by atoms with van der Waals surface area (Å²) in [7, 11) is 5.16. The van der Waals surface area contributed by atoms with Crippen molar-refractivity contribution in [2.24, 2.45) is 0 Å². The zero-order valence-electron chi connectivity index (χ0n) is 22.9. The summed E-state index contributed by atoms with van der Waals surface area (Å²) in [6.45, 7) is 0. The molecule has 4 heterocycles. The smallest absolute Gasteiger partial charge is 0.346 e. The quantitative estimate of drug-likeness (QED) is 0.119. The van der Waals surface area contributed by atoms with E-state index in [2.05, 4.69) is 0 Å². The molecule has 0 aromatic heterocycles. The van der Waals surface area contributed by atoms with Crippen LogP contribution in [-0.4, -0.2) is 69.9 Å². The molecule has 43 heavy (non-hydrogen) atoms. The molecule has 0 fully saturated rings. The molecule has 0 N–H and O–H groups in total. The molecule has 0 aromatic rings. The van der Waals surface area contributed by atoms with E-state index < -0.39 is 23.9 Å². The van der Waals surface area contributed by atoms with Crippen LogP contribution in [0.4, 0.5) is 0 Å². The normalized spacial score (nSPS) is 18.9. The third kappa shape index (κ3) is 8.52. The second-order valence-electron chi connectivity index (χ2n) is 7.21. The highest BCUT2D eigenvalue weighted by Crippen LogP contribution is 2.66. The molecule has 4 aliphatic heterocycles. The molecular weight excluding hydrogens is 789 g/mol. The van der Waals surface area contributed by atoms with Gasteiger partial charge in [0.05, 0.1) is 62.3 Å². The van der Waals surface area contributed by atoms with E-state index >= 15 is 0 Å². The van der Waals surface area contributed by atoms with Crippen LogP contribution >= 0.6 is 141 Å². The second-order valence-corrected chi connectivity index (χ2v) is 21.4. The number of carbonyl (C=O) groups excluding carboxylic acids is 4.